The summed E-state index contributed by atoms with van der Waals surface area (Å²) in [6.07, 6.45) is 1.61. The van der Waals surface area contributed by atoms with Crippen molar-refractivity contribution in [2.24, 2.45) is 5.41 Å². The number of aromatic nitrogens is 1. The number of nitrogens with one attached hydrogen (secondary N) is 2. The summed E-state index contributed by atoms with van der Waals surface area (Å²) < 4.78 is 13.6. The van der Waals surface area contributed by atoms with Gasteiger partial charge >= 0.3 is 0 Å². The van der Waals surface area contributed by atoms with Crippen LogP contribution in [0.3, 0.4) is 0 Å². The molecular formula is C16H21FN2O2. The van der Waals surface area contributed by atoms with E-state index in [-0.39, 0.29) is 23.7 Å². The fourth-order valence-corrected chi connectivity index (χ4v) is 2.18. The third-order valence-corrected chi connectivity index (χ3v) is 3.60. The number of benzene rings is 1. The fourth-order valence-electron chi connectivity index (χ4n) is 2.18. The maximum absolute atomic E-state index is 13.6. The van der Waals surface area contributed by atoms with Gasteiger partial charge in [0.15, 0.2) is 0 Å². The highest BCUT2D eigenvalue weighted by atomic mass is 19.1. The quantitative estimate of drug-likeness (QED) is 0.717. The number of aliphatic hydroxyl groups is 1. The summed E-state index contributed by atoms with van der Waals surface area (Å²) in [5.74, 6) is -0.583. The highest BCUT2D eigenvalue weighted by Gasteiger charge is 2.16. The first-order chi connectivity index (χ1) is 9.93. The van der Waals surface area contributed by atoms with Crippen molar-refractivity contribution in [1.82, 2.24) is 10.3 Å². The Kier molecular flexibility index (Phi) is 4.63. The number of rotatable bonds is 6. The molecule has 1 aromatic carbocycles. The molecule has 3 N–H and O–H groups in total. The molecule has 5 heteroatoms. The highest BCUT2D eigenvalue weighted by Crippen LogP contribution is 2.21. The van der Waals surface area contributed by atoms with E-state index in [4.69, 9.17) is 5.11 Å². The van der Waals surface area contributed by atoms with Crippen molar-refractivity contribution in [1.29, 1.82) is 0 Å². The molecule has 0 saturated carbocycles. The van der Waals surface area contributed by atoms with Gasteiger partial charge in [0.2, 0.25) is 0 Å². The molecule has 0 spiro atoms. The minimum Gasteiger partial charge on any atom is -0.396 e. The van der Waals surface area contributed by atoms with Gasteiger partial charge in [0.05, 0.1) is 0 Å². The zero-order valence-corrected chi connectivity index (χ0v) is 12.4. The summed E-state index contributed by atoms with van der Waals surface area (Å²) in [4.78, 5) is 14.9. The highest BCUT2D eigenvalue weighted by molar-refractivity contribution is 5.98. The number of carbonyl (C=O) groups excluding carboxylic acids is 1. The first-order valence-electron chi connectivity index (χ1n) is 7.09. The van der Waals surface area contributed by atoms with Crippen LogP contribution in [0.5, 0.6) is 0 Å². The van der Waals surface area contributed by atoms with E-state index in [9.17, 15) is 9.18 Å². The van der Waals surface area contributed by atoms with Gasteiger partial charge in [0.1, 0.15) is 11.5 Å². The summed E-state index contributed by atoms with van der Waals surface area (Å²) in [7, 11) is 0. The molecule has 0 bridgehead atoms. The van der Waals surface area contributed by atoms with Crippen molar-refractivity contribution in [3.8, 4) is 0 Å². The average molecular weight is 292 g/mol. The van der Waals surface area contributed by atoms with E-state index in [0.29, 0.717) is 23.1 Å². The monoisotopic (exact) mass is 292 g/mol. The van der Waals surface area contributed by atoms with Crippen LogP contribution in [0.25, 0.3) is 10.9 Å². The Balaban J connectivity index is 1.92. The Morgan fingerprint density at radius 3 is 2.86 bits per heavy atom. The number of H-pyrrole nitrogens is 1. The van der Waals surface area contributed by atoms with Gasteiger partial charge in [-0.2, -0.15) is 0 Å². The Labute approximate surface area is 123 Å². The maximum atomic E-state index is 13.6. The van der Waals surface area contributed by atoms with Crippen LogP contribution in [0.4, 0.5) is 4.39 Å². The van der Waals surface area contributed by atoms with E-state index >= 15 is 0 Å². The Morgan fingerprint density at radius 1 is 1.43 bits per heavy atom. The SMILES string of the molecule is CC(C)(CO)CCCNC(=O)c1cc2c(F)cccc2[nH]1. The first-order valence-corrected chi connectivity index (χ1v) is 7.09. The van der Waals surface area contributed by atoms with E-state index in [1.807, 2.05) is 13.8 Å². The molecule has 0 atom stereocenters. The zero-order valence-electron chi connectivity index (χ0n) is 12.4. The van der Waals surface area contributed by atoms with Crippen LogP contribution in [0.15, 0.2) is 24.3 Å². The van der Waals surface area contributed by atoms with E-state index in [1.165, 1.54) is 12.1 Å². The summed E-state index contributed by atoms with van der Waals surface area (Å²) in [6, 6.07) is 6.23. The predicted molar refractivity (Wildman–Crippen MR) is 80.7 cm³/mol. The molecule has 0 aliphatic heterocycles. The molecule has 2 aromatic rings. The van der Waals surface area contributed by atoms with Gasteiger partial charge in [-0.1, -0.05) is 19.9 Å². The summed E-state index contributed by atoms with van der Waals surface area (Å²) >= 11 is 0. The van der Waals surface area contributed by atoms with Crippen molar-refractivity contribution < 1.29 is 14.3 Å². The number of amides is 1. The lowest BCUT2D eigenvalue weighted by molar-refractivity contribution is 0.0944. The third-order valence-electron chi connectivity index (χ3n) is 3.60. The summed E-state index contributed by atoms with van der Waals surface area (Å²) in [5, 5.41) is 12.4. The number of halogens is 1. The molecule has 1 amide bonds. The maximum Gasteiger partial charge on any atom is 0.267 e. The second-order valence-corrected chi connectivity index (χ2v) is 6.07. The predicted octanol–water partition coefficient (Wildman–Crippen LogP) is 2.84. The van der Waals surface area contributed by atoms with Gasteiger partial charge in [-0.3, -0.25) is 4.79 Å². The van der Waals surface area contributed by atoms with Crippen LogP contribution in [0.2, 0.25) is 0 Å². The topological polar surface area (TPSA) is 65.1 Å². The molecule has 1 aromatic heterocycles. The van der Waals surface area contributed by atoms with Gasteiger partial charge in [0.25, 0.3) is 5.91 Å². The van der Waals surface area contributed by atoms with Gasteiger partial charge in [-0.15, -0.1) is 0 Å². The van der Waals surface area contributed by atoms with Crippen molar-refractivity contribution in [2.75, 3.05) is 13.2 Å². The molecular weight excluding hydrogens is 271 g/mol. The Hall–Kier alpha value is -1.88. The third kappa shape index (κ3) is 3.82. The average Bonchev–Trinajstić information content (AvgIpc) is 2.89. The van der Waals surface area contributed by atoms with Gasteiger partial charge < -0.3 is 15.4 Å². The largest absolute Gasteiger partial charge is 0.396 e. The normalized spacial score (nSPS) is 11.8. The Bertz CT molecular complexity index is 634. The standard InChI is InChI=1S/C16H21FN2O2/c1-16(2,10-20)7-4-8-18-15(21)14-9-11-12(17)5-3-6-13(11)19-14/h3,5-6,9,19-20H,4,7-8,10H2,1-2H3,(H,18,21). The van der Waals surface area contributed by atoms with Crippen LogP contribution in [-0.4, -0.2) is 29.1 Å². The van der Waals surface area contributed by atoms with Crippen molar-refractivity contribution in [3.63, 3.8) is 0 Å². The first kappa shape index (κ1) is 15.5. The molecule has 21 heavy (non-hydrogen) atoms. The molecule has 2 rings (SSSR count). The van der Waals surface area contributed by atoms with E-state index < -0.39 is 0 Å². The van der Waals surface area contributed by atoms with Crippen LogP contribution < -0.4 is 5.32 Å². The van der Waals surface area contributed by atoms with E-state index in [0.717, 1.165) is 12.8 Å². The van der Waals surface area contributed by atoms with E-state index in [1.54, 1.807) is 12.1 Å². The molecule has 0 aliphatic carbocycles. The molecule has 0 unspecified atom stereocenters. The minimum absolute atomic E-state index is 0.127. The van der Waals surface area contributed by atoms with Crippen LogP contribution in [0.1, 0.15) is 37.2 Å². The van der Waals surface area contributed by atoms with Crippen LogP contribution in [0, 0.1) is 11.2 Å². The molecule has 4 nitrogen and oxygen atoms in total. The van der Waals surface area contributed by atoms with Gasteiger partial charge in [-0.05, 0) is 36.5 Å². The molecule has 0 radical (unpaired) electrons. The number of hydrogen-bond donors (Lipinski definition) is 3. The van der Waals surface area contributed by atoms with E-state index in [2.05, 4.69) is 10.3 Å². The van der Waals surface area contributed by atoms with Crippen LogP contribution in [-0.2, 0) is 0 Å². The molecule has 1 heterocycles. The molecule has 0 aliphatic rings. The molecule has 0 saturated heterocycles. The lowest BCUT2D eigenvalue weighted by Crippen LogP contribution is -2.26. The van der Waals surface area contributed by atoms with Crippen LogP contribution >= 0.6 is 0 Å². The zero-order chi connectivity index (χ0) is 15.5. The second kappa shape index (κ2) is 6.26. The lowest BCUT2D eigenvalue weighted by Gasteiger charge is -2.21. The Morgan fingerprint density at radius 2 is 2.19 bits per heavy atom. The lowest BCUT2D eigenvalue weighted by atomic mass is 9.89. The summed E-state index contributed by atoms with van der Waals surface area (Å²) in [5.41, 5.74) is 0.840. The smallest absolute Gasteiger partial charge is 0.267 e. The van der Waals surface area contributed by atoms with Crippen molar-refractivity contribution in [3.05, 3.63) is 35.8 Å². The molecule has 0 fully saturated rings. The van der Waals surface area contributed by atoms with Crippen molar-refractivity contribution in [2.45, 2.75) is 26.7 Å². The van der Waals surface area contributed by atoms with Gasteiger partial charge in [-0.25, -0.2) is 4.39 Å². The number of fused-ring (bicyclic) bond motifs is 1. The van der Waals surface area contributed by atoms with Gasteiger partial charge in [0, 0.05) is 24.1 Å². The van der Waals surface area contributed by atoms with Crippen molar-refractivity contribution >= 4 is 16.8 Å². The number of aliphatic hydroxyl groups excluding tert-OH is 1. The second-order valence-electron chi connectivity index (χ2n) is 6.07. The number of aromatic amines is 1. The molecule has 114 valence electrons. The minimum atomic E-state index is -0.340. The number of carbonyl (C=O) groups is 1. The fraction of sp³-hybridized carbons (Fsp3) is 0.438. The summed E-state index contributed by atoms with van der Waals surface area (Å²) in [6.45, 7) is 4.62. The number of hydrogen-bond acceptors (Lipinski definition) is 2.